The van der Waals surface area contributed by atoms with Crippen molar-refractivity contribution in [3.05, 3.63) is 0 Å². The zero-order chi connectivity index (χ0) is 8.77. The molecule has 0 bridgehead atoms. The molecule has 0 aliphatic heterocycles. The minimum atomic E-state index is -0.468. The van der Waals surface area contributed by atoms with E-state index in [1.54, 1.807) is 0 Å². The third-order valence-corrected chi connectivity index (χ3v) is 3.16. The van der Waals surface area contributed by atoms with Crippen molar-refractivity contribution in [3.63, 3.8) is 0 Å². The van der Waals surface area contributed by atoms with Gasteiger partial charge in [0.1, 0.15) is 0 Å². The van der Waals surface area contributed by atoms with Gasteiger partial charge in [0.2, 0.25) is 5.91 Å². The summed E-state index contributed by atoms with van der Waals surface area (Å²) < 4.78 is 0. The first-order valence-corrected chi connectivity index (χ1v) is 4.70. The van der Waals surface area contributed by atoms with Gasteiger partial charge in [-0.3, -0.25) is 4.79 Å². The molecule has 0 aromatic carbocycles. The first-order chi connectivity index (χ1) is 5.63. The summed E-state index contributed by atoms with van der Waals surface area (Å²) in [5.41, 5.74) is 5.35. The number of nitrogens with two attached hydrogens (primary N) is 1. The van der Waals surface area contributed by atoms with E-state index in [0.29, 0.717) is 6.04 Å². The third kappa shape index (κ3) is 1.12. The summed E-state index contributed by atoms with van der Waals surface area (Å²) in [7, 11) is 1.89. The van der Waals surface area contributed by atoms with Gasteiger partial charge in [-0.1, -0.05) is 0 Å². The van der Waals surface area contributed by atoms with Gasteiger partial charge < -0.3 is 10.6 Å². The van der Waals surface area contributed by atoms with Crippen LogP contribution in [0.5, 0.6) is 0 Å². The van der Waals surface area contributed by atoms with Crippen LogP contribution in [0.15, 0.2) is 0 Å². The second kappa shape index (κ2) is 2.46. The second-order valence-corrected chi connectivity index (χ2v) is 4.16. The predicted octanol–water partition coefficient (Wildman–Crippen LogP) is 0.489. The van der Waals surface area contributed by atoms with Gasteiger partial charge in [-0.2, -0.15) is 0 Å². The number of carbonyl (C=O) groups is 1. The average Bonchev–Trinajstić information content (AvgIpc) is 2.64. The molecular formula is C9H16N2O. The normalized spacial score (nSPS) is 26.2. The number of nitrogens with zero attached hydrogens (tertiary/aromatic N) is 1. The fourth-order valence-electron chi connectivity index (χ4n) is 1.64. The van der Waals surface area contributed by atoms with Crippen molar-refractivity contribution in [3.8, 4) is 0 Å². The maximum absolute atomic E-state index is 11.7. The van der Waals surface area contributed by atoms with E-state index in [-0.39, 0.29) is 5.91 Å². The molecule has 2 N–H and O–H groups in total. The molecule has 3 heteroatoms. The Morgan fingerprint density at radius 2 is 2.08 bits per heavy atom. The Morgan fingerprint density at radius 3 is 2.42 bits per heavy atom. The molecule has 0 radical (unpaired) electrons. The van der Waals surface area contributed by atoms with Crippen LogP contribution in [0.3, 0.4) is 0 Å². The van der Waals surface area contributed by atoms with Crippen molar-refractivity contribution < 1.29 is 4.79 Å². The molecule has 2 fully saturated rings. The van der Waals surface area contributed by atoms with Gasteiger partial charge in [-0.25, -0.2) is 0 Å². The molecule has 1 amide bonds. The van der Waals surface area contributed by atoms with Crippen LogP contribution in [0.25, 0.3) is 0 Å². The van der Waals surface area contributed by atoms with E-state index in [4.69, 9.17) is 5.73 Å². The van der Waals surface area contributed by atoms with Gasteiger partial charge in [-0.05, 0) is 32.1 Å². The molecule has 2 rings (SSSR count). The lowest BCUT2D eigenvalue weighted by molar-refractivity contribution is -0.135. The largest absolute Gasteiger partial charge is 0.341 e. The molecule has 12 heavy (non-hydrogen) atoms. The summed E-state index contributed by atoms with van der Waals surface area (Å²) in [6.45, 7) is 0. The zero-order valence-electron chi connectivity index (χ0n) is 7.55. The van der Waals surface area contributed by atoms with Gasteiger partial charge in [0.05, 0.1) is 5.54 Å². The summed E-state index contributed by atoms with van der Waals surface area (Å²) in [6, 6.07) is 0.485. The van der Waals surface area contributed by atoms with E-state index < -0.39 is 5.54 Å². The molecule has 2 saturated carbocycles. The fraction of sp³-hybridized carbons (Fsp3) is 0.889. The minimum Gasteiger partial charge on any atom is -0.341 e. The lowest BCUT2D eigenvalue weighted by Gasteiger charge is -2.36. The van der Waals surface area contributed by atoms with Crippen molar-refractivity contribution >= 4 is 5.91 Å². The summed E-state index contributed by atoms with van der Waals surface area (Å²) in [5, 5.41) is 0. The van der Waals surface area contributed by atoms with Crippen molar-refractivity contribution in [1.29, 1.82) is 0 Å². The second-order valence-electron chi connectivity index (χ2n) is 4.16. The molecule has 0 heterocycles. The first kappa shape index (κ1) is 8.05. The fourth-order valence-corrected chi connectivity index (χ4v) is 1.64. The van der Waals surface area contributed by atoms with E-state index in [1.165, 1.54) is 19.3 Å². The number of amides is 1. The summed E-state index contributed by atoms with van der Waals surface area (Å²) >= 11 is 0. The molecular weight excluding hydrogens is 152 g/mol. The first-order valence-electron chi connectivity index (χ1n) is 4.70. The van der Waals surface area contributed by atoms with E-state index in [0.717, 1.165) is 12.8 Å². The molecule has 2 aliphatic rings. The van der Waals surface area contributed by atoms with E-state index in [2.05, 4.69) is 0 Å². The lowest BCUT2D eigenvalue weighted by atomic mass is 9.91. The summed E-state index contributed by atoms with van der Waals surface area (Å²) in [4.78, 5) is 13.5. The molecule has 2 aliphatic carbocycles. The predicted molar refractivity (Wildman–Crippen MR) is 46.6 cm³/mol. The van der Waals surface area contributed by atoms with Crippen molar-refractivity contribution in [2.24, 2.45) is 5.73 Å². The molecule has 0 atom stereocenters. The van der Waals surface area contributed by atoms with Crippen molar-refractivity contribution in [1.82, 2.24) is 4.90 Å². The highest BCUT2D eigenvalue weighted by Gasteiger charge is 2.48. The highest BCUT2D eigenvalue weighted by atomic mass is 16.2. The Labute approximate surface area is 72.9 Å². The van der Waals surface area contributed by atoms with Crippen LogP contribution >= 0.6 is 0 Å². The SMILES string of the molecule is CN(C(=O)C1(N)CC1)C1CCC1. The summed E-state index contributed by atoms with van der Waals surface area (Å²) in [5.74, 6) is 0.159. The Bertz CT molecular complexity index is 207. The number of hydrogen-bond donors (Lipinski definition) is 1. The lowest BCUT2D eigenvalue weighted by Crippen LogP contribution is -2.50. The number of rotatable bonds is 2. The highest BCUT2D eigenvalue weighted by Crippen LogP contribution is 2.36. The van der Waals surface area contributed by atoms with Crippen LogP contribution in [-0.2, 0) is 4.79 Å². The third-order valence-electron chi connectivity index (χ3n) is 3.16. The molecule has 0 saturated heterocycles. The quantitative estimate of drug-likeness (QED) is 0.652. The standard InChI is InChI=1S/C9H16N2O/c1-11(7-3-2-4-7)8(12)9(10)5-6-9/h7H,2-6,10H2,1H3. The maximum Gasteiger partial charge on any atom is 0.242 e. The van der Waals surface area contributed by atoms with Crippen molar-refractivity contribution in [2.75, 3.05) is 7.05 Å². The average molecular weight is 168 g/mol. The Morgan fingerprint density at radius 1 is 1.50 bits per heavy atom. The number of likely N-dealkylation sites (N-methyl/N-ethyl adjacent to an activating group) is 1. The molecule has 0 unspecified atom stereocenters. The van der Waals surface area contributed by atoms with Crippen LogP contribution in [0.1, 0.15) is 32.1 Å². The van der Waals surface area contributed by atoms with Crippen molar-refractivity contribution in [2.45, 2.75) is 43.7 Å². The number of carbonyl (C=O) groups excluding carboxylic acids is 1. The molecule has 0 aromatic rings. The van der Waals surface area contributed by atoms with E-state index in [9.17, 15) is 4.79 Å². The van der Waals surface area contributed by atoms with Crippen LogP contribution in [0.4, 0.5) is 0 Å². The maximum atomic E-state index is 11.7. The van der Waals surface area contributed by atoms with Gasteiger partial charge in [0.15, 0.2) is 0 Å². The minimum absolute atomic E-state index is 0.159. The number of hydrogen-bond acceptors (Lipinski definition) is 2. The van der Waals surface area contributed by atoms with Gasteiger partial charge in [0.25, 0.3) is 0 Å². The van der Waals surface area contributed by atoms with Gasteiger partial charge in [-0.15, -0.1) is 0 Å². The smallest absolute Gasteiger partial charge is 0.242 e. The molecule has 68 valence electrons. The van der Waals surface area contributed by atoms with E-state index in [1.807, 2.05) is 11.9 Å². The Hall–Kier alpha value is -0.570. The van der Waals surface area contributed by atoms with Crippen LogP contribution in [0, 0.1) is 0 Å². The zero-order valence-corrected chi connectivity index (χ0v) is 7.55. The summed E-state index contributed by atoms with van der Waals surface area (Å²) in [6.07, 6.45) is 5.35. The molecule has 0 spiro atoms. The monoisotopic (exact) mass is 168 g/mol. The topological polar surface area (TPSA) is 46.3 Å². The highest BCUT2D eigenvalue weighted by molar-refractivity contribution is 5.89. The van der Waals surface area contributed by atoms with Crippen LogP contribution < -0.4 is 5.73 Å². The van der Waals surface area contributed by atoms with Crippen LogP contribution in [-0.4, -0.2) is 29.4 Å². The molecule has 3 nitrogen and oxygen atoms in total. The Balaban J connectivity index is 1.94. The van der Waals surface area contributed by atoms with Gasteiger partial charge >= 0.3 is 0 Å². The Kier molecular flexibility index (Phi) is 1.65. The molecule has 0 aromatic heterocycles. The van der Waals surface area contributed by atoms with Gasteiger partial charge in [0, 0.05) is 13.1 Å². The van der Waals surface area contributed by atoms with E-state index >= 15 is 0 Å². The van der Waals surface area contributed by atoms with Crippen LogP contribution in [0.2, 0.25) is 0 Å².